The van der Waals surface area contributed by atoms with Crippen molar-refractivity contribution in [2.45, 2.75) is 19.2 Å². The molecule has 0 heterocycles. The maximum Gasteiger partial charge on any atom is 0.414 e. The lowest BCUT2D eigenvalue weighted by Gasteiger charge is -2.14. The zero-order chi connectivity index (χ0) is 8.20. The Balaban J connectivity index is 3.52. The summed E-state index contributed by atoms with van der Waals surface area (Å²) in [4.78, 5) is 0. The molecule has 0 aromatic heterocycles. The van der Waals surface area contributed by atoms with Gasteiger partial charge in [0.1, 0.15) is 0 Å². The number of alkyl halides is 4. The first-order chi connectivity index (χ1) is 4.48. The van der Waals surface area contributed by atoms with Crippen LogP contribution in [0.15, 0.2) is 0 Å². The molecule has 0 fully saturated rings. The molecule has 0 saturated heterocycles. The minimum atomic E-state index is -4.23. The maximum atomic E-state index is 11.6. The molecule has 0 aliphatic heterocycles. The van der Waals surface area contributed by atoms with E-state index in [1.54, 1.807) is 0 Å². The lowest BCUT2D eigenvalue weighted by atomic mass is 10.4. The van der Waals surface area contributed by atoms with Crippen LogP contribution >= 0.6 is 15.9 Å². The predicted molar refractivity (Wildman–Crippen MR) is 35.3 cm³/mol. The number of hydrogen-bond donors (Lipinski definition) is 0. The van der Waals surface area contributed by atoms with E-state index in [1.807, 2.05) is 0 Å². The number of halogens is 4. The summed E-state index contributed by atoms with van der Waals surface area (Å²) in [7, 11) is 0. The Bertz CT molecular complexity index is 93.4. The predicted octanol–water partition coefficient (Wildman–Crippen LogP) is 2.35. The third-order valence-corrected chi connectivity index (χ3v) is 1.23. The van der Waals surface area contributed by atoms with E-state index >= 15 is 0 Å². The minimum Gasteiger partial charge on any atom is -0.368 e. The molecule has 0 N–H and O–H groups in total. The Hall–Kier alpha value is 0.230. The van der Waals surface area contributed by atoms with E-state index in [0.717, 1.165) is 6.92 Å². The number of hydrogen-bond acceptors (Lipinski definition) is 1. The van der Waals surface area contributed by atoms with Gasteiger partial charge in [0.05, 0.1) is 6.61 Å². The van der Waals surface area contributed by atoms with E-state index < -0.39 is 12.3 Å². The summed E-state index contributed by atoms with van der Waals surface area (Å²) in [6.07, 6.45) is -5.90. The fourth-order valence-electron chi connectivity index (χ4n) is 0.316. The average molecular weight is 221 g/mol. The van der Waals surface area contributed by atoms with E-state index in [-0.39, 0.29) is 6.61 Å². The first-order valence-electron chi connectivity index (χ1n) is 2.72. The van der Waals surface area contributed by atoms with Crippen molar-refractivity contribution < 1.29 is 17.9 Å². The first-order valence-corrected chi connectivity index (χ1v) is 3.85. The Kier molecular flexibility index (Phi) is 4.28. The van der Waals surface area contributed by atoms with Crippen LogP contribution in [0.4, 0.5) is 13.2 Å². The number of ether oxygens (including phenoxy) is 1. The van der Waals surface area contributed by atoms with Gasteiger partial charge in [-0.05, 0) is 6.92 Å². The van der Waals surface area contributed by atoms with Gasteiger partial charge in [-0.15, -0.1) is 0 Å². The first kappa shape index (κ1) is 10.2. The van der Waals surface area contributed by atoms with E-state index in [2.05, 4.69) is 20.7 Å². The van der Waals surface area contributed by atoms with E-state index in [0.29, 0.717) is 5.33 Å². The standard InChI is InChI=1S/C5H8BrF3O/c1-4(5(7,8)9)10-3-2-6/h4H,2-3H2,1H3. The molecule has 10 heavy (non-hydrogen) atoms. The summed E-state index contributed by atoms with van der Waals surface area (Å²) < 4.78 is 39.3. The van der Waals surface area contributed by atoms with Crippen LogP contribution in [0.25, 0.3) is 0 Å². The van der Waals surface area contributed by atoms with E-state index in [4.69, 9.17) is 0 Å². The van der Waals surface area contributed by atoms with Crippen LogP contribution in [0, 0.1) is 0 Å². The molecule has 0 saturated carbocycles. The van der Waals surface area contributed by atoms with Gasteiger partial charge in [0.25, 0.3) is 0 Å². The monoisotopic (exact) mass is 220 g/mol. The number of rotatable bonds is 3. The van der Waals surface area contributed by atoms with Crippen LogP contribution in [0.2, 0.25) is 0 Å². The lowest BCUT2D eigenvalue weighted by Crippen LogP contribution is -2.29. The largest absolute Gasteiger partial charge is 0.414 e. The van der Waals surface area contributed by atoms with Crippen molar-refractivity contribution in [2.75, 3.05) is 11.9 Å². The van der Waals surface area contributed by atoms with Gasteiger partial charge in [-0.3, -0.25) is 0 Å². The topological polar surface area (TPSA) is 9.23 Å². The molecule has 1 atom stereocenters. The molecule has 0 aromatic carbocycles. The second-order valence-corrected chi connectivity index (χ2v) is 2.54. The highest BCUT2D eigenvalue weighted by Crippen LogP contribution is 2.21. The van der Waals surface area contributed by atoms with Crippen molar-refractivity contribution in [1.29, 1.82) is 0 Å². The molecule has 0 bridgehead atoms. The molecule has 1 nitrogen and oxygen atoms in total. The van der Waals surface area contributed by atoms with Gasteiger partial charge in [0.15, 0.2) is 6.10 Å². The summed E-state index contributed by atoms with van der Waals surface area (Å²) in [5.41, 5.74) is 0. The van der Waals surface area contributed by atoms with E-state index in [9.17, 15) is 13.2 Å². The second kappa shape index (κ2) is 4.18. The highest BCUT2D eigenvalue weighted by molar-refractivity contribution is 9.09. The van der Waals surface area contributed by atoms with Gasteiger partial charge in [-0.1, -0.05) is 15.9 Å². The SMILES string of the molecule is CC(OCCBr)C(F)(F)F. The Morgan fingerprint density at radius 1 is 1.50 bits per heavy atom. The van der Waals surface area contributed by atoms with Crippen molar-refractivity contribution >= 4 is 15.9 Å². The highest BCUT2D eigenvalue weighted by Gasteiger charge is 2.36. The third-order valence-electron chi connectivity index (χ3n) is 0.906. The molecular formula is C5H8BrF3O. The van der Waals surface area contributed by atoms with Gasteiger partial charge < -0.3 is 4.74 Å². The highest BCUT2D eigenvalue weighted by atomic mass is 79.9. The van der Waals surface area contributed by atoms with Crippen molar-refractivity contribution in [3.05, 3.63) is 0 Å². The quantitative estimate of drug-likeness (QED) is 0.664. The Morgan fingerprint density at radius 2 is 2.00 bits per heavy atom. The van der Waals surface area contributed by atoms with Crippen LogP contribution in [0.1, 0.15) is 6.92 Å². The average Bonchev–Trinajstić information content (AvgIpc) is 1.80. The molecule has 0 rings (SSSR count). The van der Waals surface area contributed by atoms with Crippen molar-refractivity contribution in [2.24, 2.45) is 0 Å². The molecule has 0 aromatic rings. The molecular weight excluding hydrogens is 213 g/mol. The van der Waals surface area contributed by atoms with Crippen LogP contribution in [-0.4, -0.2) is 24.2 Å². The molecule has 5 heteroatoms. The van der Waals surface area contributed by atoms with Crippen LogP contribution in [0.5, 0.6) is 0 Å². The fourth-order valence-corrected chi connectivity index (χ4v) is 0.503. The van der Waals surface area contributed by atoms with Gasteiger partial charge in [0, 0.05) is 5.33 Å². The zero-order valence-corrected chi connectivity index (χ0v) is 7.00. The van der Waals surface area contributed by atoms with Crippen molar-refractivity contribution in [3.8, 4) is 0 Å². The fraction of sp³-hybridized carbons (Fsp3) is 1.00. The van der Waals surface area contributed by atoms with Crippen LogP contribution in [-0.2, 0) is 4.74 Å². The lowest BCUT2D eigenvalue weighted by molar-refractivity contribution is -0.212. The Labute approximate surface area is 65.7 Å². The van der Waals surface area contributed by atoms with E-state index in [1.165, 1.54) is 0 Å². The summed E-state index contributed by atoms with van der Waals surface area (Å²) in [6.45, 7) is 1.07. The van der Waals surface area contributed by atoms with Crippen LogP contribution in [0.3, 0.4) is 0 Å². The van der Waals surface area contributed by atoms with Gasteiger partial charge in [-0.25, -0.2) is 0 Å². The molecule has 62 valence electrons. The normalized spacial score (nSPS) is 15.3. The van der Waals surface area contributed by atoms with Gasteiger partial charge in [0.2, 0.25) is 0 Å². The minimum absolute atomic E-state index is 0.0840. The summed E-state index contributed by atoms with van der Waals surface area (Å²) >= 11 is 2.95. The third kappa shape index (κ3) is 4.11. The van der Waals surface area contributed by atoms with Gasteiger partial charge in [-0.2, -0.15) is 13.2 Å². The molecule has 0 aliphatic carbocycles. The molecule has 0 amide bonds. The zero-order valence-electron chi connectivity index (χ0n) is 5.41. The summed E-state index contributed by atoms with van der Waals surface area (Å²) in [6, 6.07) is 0. The maximum absolute atomic E-state index is 11.6. The summed E-state index contributed by atoms with van der Waals surface area (Å²) in [5, 5.41) is 0.424. The van der Waals surface area contributed by atoms with Crippen molar-refractivity contribution in [3.63, 3.8) is 0 Å². The molecule has 0 spiro atoms. The molecule has 0 aliphatic rings. The Morgan fingerprint density at radius 3 is 2.30 bits per heavy atom. The summed E-state index contributed by atoms with van der Waals surface area (Å²) in [5.74, 6) is 0. The van der Waals surface area contributed by atoms with Crippen LogP contribution < -0.4 is 0 Å². The second-order valence-electron chi connectivity index (χ2n) is 1.74. The molecule has 1 unspecified atom stereocenters. The molecule has 0 radical (unpaired) electrons. The van der Waals surface area contributed by atoms with Crippen molar-refractivity contribution in [1.82, 2.24) is 0 Å². The smallest absolute Gasteiger partial charge is 0.368 e. The van der Waals surface area contributed by atoms with Gasteiger partial charge >= 0.3 is 6.18 Å².